The molecule has 1 aliphatic heterocycles. The molecule has 2 rings (SSSR count). The van der Waals surface area contributed by atoms with E-state index in [1.54, 1.807) is 0 Å². The van der Waals surface area contributed by atoms with Gasteiger partial charge in [-0.25, -0.2) is 0 Å². The fraction of sp³-hybridized carbons (Fsp3) is 1.00. The van der Waals surface area contributed by atoms with Crippen molar-refractivity contribution in [2.75, 3.05) is 14.2 Å². The maximum atomic E-state index is 9.93. The quantitative estimate of drug-likeness (QED) is 0.573. The first-order valence-corrected chi connectivity index (χ1v) is 7.62. The molecule has 88 valence electrons. The average Bonchev–Trinajstić information content (AvgIpc) is 3.01. The van der Waals surface area contributed by atoms with Crippen molar-refractivity contribution < 1.29 is 18.4 Å². The average molecular weight is 232 g/mol. The van der Waals surface area contributed by atoms with Crippen LogP contribution in [0.1, 0.15) is 32.1 Å². The zero-order chi connectivity index (χ0) is 10.9. The van der Waals surface area contributed by atoms with Crippen molar-refractivity contribution >= 4 is 8.80 Å². The van der Waals surface area contributed by atoms with Gasteiger partial charge in [0, 0.05) is 20.3 Å². The second kappa shape index (κ2) is 4.14. The highest BCUT2D eigenvalue weighted by molar-refractivity contribution is 6.59. The van der Waals surface area contributed by atoms with Gasteiger partial charge in [0.2, 0.25) is 0 Å². The lowest BCUT2D eigenvalue weighted by Crippen LogP contribution is -2.41. The molecule has 0 amide bonds. The van der Waals surface area contributed by atoms with Crippen molar-refractivity contribution in [3.05, 3.63) is 0 Å². The van der Waals surface area contributed by atoms with Gasteiger partial charge >= 0.3 is 8.80 Å². The molecule has 2 fully saturated rings. The van der Waals surface area contributed by atoms with Crippen LogP contribution >= 0.6 is 0 Å². The maximum absolute atomic E-state index is 9.93. The van der Waals surface area contributed by atoms with Gasteiger partial charge in [-0.3, -0.25) is 0 Å². The summed E-state index contributed by atoms with van der Waals surface area (Å²) in [4.78, 5) is 9.93. The summed E-state index contributed by atoms with van der Waals surface area (Å²) in [6.45, 7) is 0. The van der Waals surface area contributed by atoms with Crippen molar-refractivity contribution in [1.29, 1.82) is 0 Å². The Morgan fingerprint density at radius 3 is 2.73 bits per heavy atom. The fourth-order valence-corrected chi connectivity index (χ4v) is 3.86. The van der Waals surface area contributed by atoms with Crippen LogP contribution in [0.4, 0.5) is 0 Å². The molecule has 1 aliphatic carbocycles. The minimum absolute atomic E-state index is 0.0658. The van der Waals surface area contributed by atoms with Crippen LogP contribution in [0.3, 0.4) is 0 Å². The number of fused-ring (bicyclic) bond motifs is 1. The molecule has 15 heavy (non-hydrogen) atoms. The monoisotopic (exact) mass is 232 g/mol. The highest BCUT2D eigenvalue weighted by Crippen LogP contribution is 2.51. The minimum atomic E-state index is -2.88. The van der Waals surface area contributed by atoms with E-state index in [4.69, 9.17) is 13.6 Å². The number of hydrogen-bond donors (Lipinski definition) is 1. The second-order valence-corrected chi connectivity index (χ2v) is 7.28. The molecule has 1 saturated heterocycles. The van der Waals surface area contributed by atoms with E-state index in [9.17, 15) is 4.80 Å². The van der Waals surface area contributed by atoms with E-state index in [0.717, 1.165) is 12.8 Å². The van der Waals surface area contributed by atoms with Gasteiger partial charge in [0.25, 0.3) is 0 Å². The lowest BCUT2D eigenvalue weighted by Gasteiger charge is -2.23. The largest absolute Gasteiger partial charge is 0.497 e. The maximum Gasteiger partial charge on any atom is 0.497 e. The van der Waals surface area contributed by atoms with E-state index in [-0.39, 0.29) is 5.60 Å². The third-order valence-electron chi connectivity index (χ3n) is 3.72. The lowest BCUT2D eigenvalue weighted by molar-refractivity contribution is 0.145. The van der Waals surface area contributed by atoms with Crippen molar-refractivity contribution in [3.8, 4) is 0 Å². The first-order valence-electron chi connectivity index (χ1n) is 5.65. The van der Waals surface area contributed by atoms with E-state index in [1.165, 1.54) is 33.5 Å². The lowest BCUT2D eigenvalue weighted by atomic mass is 9.87. The Kier molecular flexibility index (Phi) is 3.19. The first kappa shape index (κ1) is 11.5. The highest BCUT2D eigenvalue weighted by Gasteiger charge is 2.57. The van der Waals surface area contributed by atoms with Gasteiger partial charge in [0.15, 0.2) is 0 Å². The summed E-state index contributed by atoms with van der Waals surface area (Å²) < 4.78 is 15.9. The van der Waals surface area contributed by atoms with E-state index in [0.29, 0.717) is 12.1 Å². The Balaban J connectivity index is 1.83. The highest BCUT2D eigenvalue weighted by atomic mass is 28.4. The molecule has 1 N–H and O–H groups in total. The van der Waals surface area contributed by atoms with Crippen molar-refractivity contribution in [3.63, 3.8) is 0 Å². The molecule has 1 saturated carbocycles. The Morgan fingerprint density at radius 1 is 1.40 bits per heavy atom. The van der Waals surface area contributed by atoms with Crippen LogP contribution in [-0.2, 0) is 13.6 Å². The van der Waals surface area contributed by atoms with Gasteiger partial charge in [-0.2, -0.15) is 0 Å². The van der Waals surface area contributed by atoms with Gasteiger partial charge in [-0.15, -0.1) is 0 Å². The molecule has 2 aliphatic rings. The molecule has 2 atom stereocenters. The smallest absolute Gasteiger partial charge is 0.390 e. The van der Waals surface area contributed by atoms with Crippen molar-refractivity contribution in [1.82, 2.24) is 0 Å². The molecule has 2 unspecified atom stereocenters. The topological polar surface area (TPSA) is 51.2 Å². The molecule has 5 heteroatoms. The fourth-order valence-electron chi connectivity index (χ4n) is 2.55. The standard InChI is InChI=1S/C10H20O4Si/c1-12-15(11,13-2)8-7-10-6-4-3-5-9(10)14-10/h9,11H,3-8H2,1-2H3. The third kappa shape index (κ3) is 2.26. The molecule has 1 heterocycles. The summed E-state index contributed by atoms with van der Waals surface area (Å²) in [5.41, 5.74) is 0.0658. The van der Waals surface area contributed by atoms with Crippen molar-refractivity contribution in [2.45, 2.75) is 49.9 Å². The SMILES string of the molecule is CO[Si](O)(CCC12CCCCC1O2)OC. The van der Waals surface area contributed by atoms with E-state index in [1.807, 2.05) is 0 Å². The Hall–Kier alpha value is 0.0569. The molecule has 0 aromatic carbocycles. The summed E-state index contributed by atoms with van der Waals surface area (Å²) in [6.07, 6.45) is 6.16. The van der Waals surface area contributed by atoms with Gasteiger partial charge in [-0.1, -0.05) is 12.8 Å². The number of ether oxygens (including phenoxy) is 1. The van der Waals surface area contributed by atoms with Gasteiger partial charge in [0.1, 0.15) is 0 Å². The van der Waals surface area contributed by atoms with Crippen LogP contribution in [-0.4, -0.2) is 39.5 Å². The normalized spacial score (nSPS) is 35.0. The molecular formula is C10H20O4Si. The van der Waals surface area contributed by atoms with Crippen LogP contribution in [0.25, 0.3) is 0 Å². The van der Waals surface area contributed by atoms with Crippen LogP contribution < -0.4 is 0 Å². The second-order valence-electron chi connectivity index (χ2n) is 4.54. The Bertz CT molecular complexity index is 231. The van der Waals surface area contributed by atoms with E-state index in [2.05, 4.69) is 0 Å². The van der Waals surface area contributed by atoms with Gasteiger partial charge in [-0.05, 0) is 19.3 Å². The number of epoxide rings is 1. The predicted molar refractivity (Wildman–Crippen MR) is 57.5 cm³/mol. The molecule has 0 bridgehead atoms. The molecule has 4 nitrogen and oxygen atoms in total. The predicted octanol–water partition coefficient (Wildman–Crippen LogP) is 1.31. The molecule has 0 aromatic rings. The number of rotatable bonds is 5. The molecule has 0 radical (unpaired) electrons. The summed E-state index contributed by atoms with van der Waals surface area (Å²) in [6, 6.07) is 0.608. The molecule has 0 aromatic heterocycles. The summed E-state index contributed by atoms with van der Waals surface area (Å²) >= 11 is 0. The van der Waals surface area contributed by atoms with Crippen LogP contribution in [0, 0.1) is 0 Å². The number of hydrogen-bond acceptors (Lipinski definition) is 4. The van der Waals surface area contributed by atoms with Crippen LogP contribution in [0.5, 0.6) is 0 Å². The van der Waals surface area contributed by atoms with E-state index >= 15 is 0 Å². The zero-order valence-corrected chi connectivity index (χ0v) is 10.5. The van der Waals surface area contributed by atoms with E-state index < -0.39 is 8.80 Å². The summed E-state index contributed by atoms with van der Waals surface area (Å²) in [5.74, 6) is 0. The van der Waals surface area contributed by atoms with Crippen LogP contribution in [0.2, 0.25) is 6.04 Å². The zero-order valence-electron chi connectivity index (χ0n) is 9.49. The first-order chi connectivity index (χ1) is 7.14. The third-order valence-corrected chi connectivity index (χ3v) is 5.88. The molecular weight excluding hydrogens is 212 g/mol. The Labute approximate surface area is 91.9 Å². The molecule has 0 spiro atoms. The van der Waals surface area contributed by atoms with Crippen LogP contribution in [0.15, 0.2) is 0 Å². The summed E-state index contributed by atoms with van der Waals surface area (Å²) in [7, 11) is 0.145. The Morgan fingerprint density at radius 2 is 2.13 bits per heavy atom. The minimum Gasteiger partial charge on any atom is -0.390 e. The van der Waals surface area contributed by atoms with Crippen molar-refractivity contribution in [2.24, 2.45) is 0 Å². The van der Waals surface area contributed by atoms with Gasteiger partial charge in [0.05, 0.1) is 11.7 Å². The van der Waals surface area contributed by atoms with Gasteiger partial charge < -0.3 is 18.4 Å². The summed E-state index contributed by atoms with van der Waals surface area (Å²) in [5, 5.41) is 0.